The highest BCUT2D eigenvalue weighted by Crippen LogP contribution is 2.44. The number of thiophene rings is 1. The van der Waals surface area contributed by atoms with Gasteiger partial charge in [-0.3, -0.25) is 4.90 Å². The summed E-state index contributed by atoms with van der Waals surface area (Å²) < 4.78 is 5.49. The van der Waals surface area contributed by atoms with Crippen molar-refractivity contribution in [1.29, 1.82) is 0 Å². The van der Waals surface area contributed by atoms with Crippen LogP contribution in [0.5, 0.6) is 0 Å². The Morgan fingerprint density at radius 2 is 1.73 bits per heavy atom. The maximum absolute atomic E-state index is 5.49. The first-order chi connectivity index (χ1) is 14.8. The smallest absolute Gasteiger partial charge is 0.141 e. The lowest BCUT2D eigenvalue weighted by molar-refractivity contribution is 0.0349. The molecule has 4 aliphatic rings. The number of aryl methyl sites for hydroxylation is 2. The lowest BCUT2D eigenvalue weighted by Crippen LogP contribution is -2.39. The van der Waals surface area contributed by atoms with Gasteiger partial charge in [0.15, 0.2) is 0 Å². The monoisotopic (exact) mass is 426 g/mol. The van der Waals surface area contributed by atoms with Gasteiger partial charge in [-0.15, -0.1) is 11.3 Å². The second-order valence-electron chi connectivity index (χ2n) is 9.74. The Bertz CT molecular complexity index is 894. The average molecular weight is 427 g/mol. The SMILES string of the molecule is C1CCc2c(sc3nc(C4CC4)nc(N4CCC(CCN5CCOCC5)CC4)c23)C1. The molecule has 30 heavy (non-hydrogen) atoms. The van der Waals surface area contributed by atoms with Crippen molar-refractivity contribution in [2.45, 2.75) is 63.7 Å². The second kappa shape index (κ2) is 8.36. The topological polar surface area (TPSA) is 41.5 Å². The van der Waals surface area contributed by atoms with Crippen molar-refractivity contribution in [3.05, 3.63) is 16.3 Å². The molecule has 0 N–H and O–H groups in total. The molecule has 0 unspecified atom stereocenters. The number of ether oxygens (including phenoxy) is 1. The van der Waals surface area contributed by atoms with Gasteiger partial charge in [0.1, 0.15) is 16.5 Å². The van der Waals surface area contributed by atoms with Crippen molar-refractivity contribution in [3.8, 4) is 0 Å². The first-order valence-corrected chi connectivity index (χ1v) is 13.0. The molecule has 2 aromatic heterocycles. The van der Waals surface area contributed by atoms with Gasteiger partial charge < -0.3 is 9.64 Å². The molecule has 0 radical (unpaired) electrons. The molecule has 1 saturated carbocycles. The van der Waals surface area contributed by atoms with E-state index in [1.54, 1.807) is 10.4 Å². The fourth-order valence-electron chi connectivity index (χ4n) is 5.53. The van der Waals surface area contributed by atoms with Crippen molar-refractivity contribution in [2.75, 3.05) is 50.8 Å². The molecule has 5 nitrogen and oxygen atoms in total. The van der Waals surface area contributed by atoms with Gasteiger partial charge in [0.05, 0.1) is 18.6 Å². The number of hydrogen-bond donors (Lipinski definition) is 0. The minimum absolute atomic E-state index is 0.623. The van der Waals surface area contributed by atoms with Crippen LogP contribution in [-0.2, 0) is 17.6 Å². The second-order valence-corrected chi connectivity index (χ2v) is 10.8. The molecule has 2 aliphatic carbocycles. The number of piperidine rings is 1. The van der Waals surface area contributed by atoms with Crippen LogP contribution in [0.1, 0.15) is 67.1 Å². The standard InChI is InChI=1S/C24H34N4OS/c1-2-4-20-19(3-1)21-23(25-22(18-5-6-18)26-24(21)30-20)28-11-8-17(9-12-28)7-10-27-13-15-29-16-14-27/h17-18H,1-16H2. The Kier molecular flexibility index (Phi) is 5.42. The van der Waals surface area contributed by atoms with Crippen molar-refractivity contribution < 1.29 is 4.74 Å². The molecule has 3 fully saturated rings. The third kappa shape index (κ3) is 3.87. The zero-order valence-corrected chi connectivity index (χ0v) is 18.9. The number of anilines is 1. The fraction of sp³-hybridized carbons (Fsp3) is 0.750. The number of nitrogens with zero attached hydrogens (tertiary/aromatic N) is 4. The van der Waals surface area contributed by atoms with Gasteiger partial charge >= 0.3 is 0 Å². The average Bonchev–Trinajstić information content (AvgIpc) is 3.59. The number of hydrogen-bond acceptors (Lipinski definition) is 6. The highest BCUT2D eigenvalue weighted by Gasteiger charge is 2.31. The van der Waals surface area contributed by atoms with Crippen LogP contribution < -0.4 is 4.90 Å². The van der Waals surface area contributed by atoms with Gasteiger partial charge in [-0.25, -0.2) is 9.97 Å². The molecule has 162 valence electrons. The highest BCUT2D eigenvalue weighted by atomic mass is 32.1. The van der Waals surface area contributed by atoms with Crippen LogP contribution in [0.15, 0.2) is 0 Å². The molecule has 0 spiro atoms. The lowest BCUT2D eigenvalue weighted by Gasteiger charge is -2.35. The van der Waals surface area contributed by atoms with Crippen LogP contribution in [-0.4, -0.2) is 60.8 Å². The maximum Gasteiger partial charge on any atom is 0.141 e. The number of morpholine rings is 1. The van der Waals surface area contributed by atoms with E-state index in [2.05, 4.69) is 9.80 Å². The Hall–Kier alpha value is -1.24. The quantitative estimate of drug-likeness (QED) is 0.709. The molecule has 0 aromatic carbocycles. The van der Waals surface area contributed by atoms with E-state index in [1.165, 1.54) is 80.4 Å². The molecular formula is C24H34N4OS. The van der Waals surface area contributed by atoms with Crippen molar-refractivity contribution in [1.82, 2.24) is 14.9 Å². The number of fused-ring (bicyclic) bond motifs is 3. The van der Waals surface area contributed by atoms with E-state index < -0.39 is 0 Å². The summed E-state index contributed by atoms with van der Waals surface area (Å²) in [6.45, 7) is 7.63. The minimum Gasteiger partial charge on any atom is -0.379 e. The molecule has 0 bridgehead atoms. The molecule has 4 heterocycles. The van der Waals surface area contributed by atoms with Gasteiger partial charge in [-0.1, -0.05) is 0 Å². The Labute approximate surface area is 183 Å². The van der Waals surface area contributed by atoms with Crippen LogP contribution in [0.2, 0.25) is 0 Å². The molecule has 2 saturated heterocycles. The molecule has 2 aromatic rings. The maximum atomic E-state index is 5.49. The molecule has 2 aliphatic heterocycles. The zero-order chi connectivity index (χ0) is 19.9. The Morgan fingerprint density at radius 3 is 2.53 bits per heavy atom. The number of rotatable bonds is 5. The summed E-state index contributed by atoms with van der Waals surface area (Å²) in [5.41, 5.74) is 1.59. The summed E-state index contributed by atoms with van der Waals surface area (Å²) in [7, 11) is 0. The van der Waals surface area contributed by atoms with Crippen LogP contribution in [0, 0.1) is 5.92 Å². The van der Waals surface area contributed by atoms with E-state index in [0.717, 1.165) is 51.1 Å². The third-order valence-electron chi connectivity index (χ3n) is 7.63. The van der Waals surface area contributed by atoms with Gasteiger partial charge in [0.2, 0.25) is 0 Å². The van der Waals surface area contributed by atoms with Crippen LogP contribution in [0.3, 0.4) is 0 Å². The molecule has 6 rings (SSSR count). The molecule has 0 atom stereocenters. The summed E-state index contributed by atoms with van der Waals surface area (Å²) in [5, 5.41) is 1.42. The van der Waals surface area contributed by atoms with Crippen LogP contribution >= 0.6 is 11.3 Å². The van der Waals surface area contributed by atoms with E-state index >= 15 is 0 Å². The first-order valence-electron chi connectivity index (χ1n) is 12.2. The van der Waals surface area contributed by atoms with Crippen LogP contribution in [0.25, 0.3) is 10.2 Å². The van der Waals surface area contributed by atoms with Crippen molar-refractivity contribution >= 4 is 27.4 Å². The molecule has 6 heteroatoms. The fourth-order valence-corrected chi connectivity index (χ4v) is 6.79. The Morgan fingerprint density at radius 1 is 0.933 bits per heavy atom. The highest BCUT2D eigenvalue weighted by molar-refractivity contribution is 7.19. The van der Waals surface area contributed by atoms with E-state index in [-0.39, 0.29) is 0 Å². The summed E-state index contributed by atoms with van der Waals surface area (Å²) in [6, 6.07) is 0. The largest absolute Gasteiger partial charge is 0.379 e. The van der Waals surface area contributed by atoms with E-state index in [0.29, 0.717) is 5.92 Å². The summed E-state index contributed by atoms with van der Waals surface area (Å²) in [5.74, 6) is 3.90. The predicted octanol–water partition coefficient (Wildman–Crippen LogP) is 4.39. The normalized spacial score (nSPS) is 23.8. The van der Waals surface area contributed by atoms with Gasteiger partial charge in [-0.2, -0.15) is 0 Å². The number of aromatic nitrogens is 2. The lowest BCUT2D eigenvalue weighted by atomic mass is 9.92. The van der Waals surface area contributed by atoms with Gasteiger partial charge in [0.25, 0.3) is 0 Å². The molecule has 0 amide bonds. The van der Waals surface area contributed by atoms with Crippen molar-refractivity contribution in [2.24, 2.45) is 5.92 Å². The predicted molar refractivity (Wildman–Crippen MR) is 123 cm³/mol. The summed E-state index contributed by atoms with van der Waals surface area (Å²) in [4.78, 5) is 18.3. The van der Waals surface area contributed by atoms with E-state index in [9.17, 15) is 0 Å². The van der Waals surface area contributed by atoms with Gasteiger partial charge in [0, 0.05) is 37.0 Å². The summed E-state index contributed by atoms with van der Waals surface area (Å²) >= 11 is 1.97. The summed E-state index contributed by atoms with van der Waals surface area (Å²) in [6.07, 6.45) is 11.6. The zero-order valence-electron chi connectivity index (χ0n) is 18.1. The third-order valence-corrected chi connectivity index (χ3v) is 8.81. The first kappa shape index (κ1) is 19.4. The minimum atomic E-state index is 0.623. The van der Waals surface area contributed by atoms with Crippen molar-refractivity contribution in [3.63, 3.8) is 0 Å². The van der Waals surface area contributed by atoms with E-state index in [1.807, 2.05) is 11.3 Å². The Balaban J connectivity index is 1.20. The van der Waals surface area contributed by atoms with Gasteiger partial charge in [-0.05, 0) is 75.8 Å². The molecular weight excluding hydrogens is 392 g/mol. The van der Waals surface area contributed by atoms with Crippen LogP contribution in [0.4, 0.5) is 5.82 Å². The van der Waals surface area contributed by atoms with E-state index in [4.69, 9.17) is 14.7 Å².